The number of nitrogens with zero attached hydrogens (tertiary/aromatic N) is 2. The number of nitro groups is 1. The van der Waals surface area contributed by atoms with Gasteiger partial charge in [-0.15, -0.1) is 0 Å². The minimum absolute atomic E-state index is 0.204. The van der Waals surface area contributed by atoms with Gasteiger partial charge in [0.15, 0.2) is 4.90 Å². The van der Waals surface area contributed by atoms with Crippen LogP contribution in [0, 0.1) is 15.9 Å². The van der Waals surface area contributed by atoms with Gasteiger partial charge in [0.2, 0.25) is 15.8 Å². The van der Waals surface area contributed by atoms with Crippen LogP contribution in [0.4, 0.5) is 10.1 Å². The average Bonchev–Trinajstić information content (AvgIpc) is 2.39. The number of rotatable bonds is 3. The lowest BCUT2D eigenvalue weighted by molar-refractivity contribution is -0.390. The first-order valence-electron chi connectivity index (χ1n) is 5.58. The van der Waals surface area contributed by atoms with E-state index >= 15 is 0 Å². The van der Waals surface area contributed by atoms with Gasteiger partial charge in [-0.25, -0.2) is 8.42 Å². The molecule has 2 rings (SSSR count). The van der Waals surface area contributed by atoms with E-state index in [9.17, 15) is 22.9 Å². The number of hydrogen-bond acceptors (Lipinski definition) is 5. The molecule has 0 radical (unpaired) electrons. The quantitative estimate of drug-likeness (QED) is 0.639. The molecule has 1 aliphatic heterocycles. The molecule has 1 fully saturated rings. The summed E-state index contributed by atoms with van der Waals surface area (Å²) < 4.78 is 39.2. The number of piperazine rings is 1. The van der Waals surface area contributed by atoms with Crippen molar-refractivity contribution in [3.05, 3.63) is 34.1 Å². The third-order valence-electron chi connectivity index (χ3n) is 2.83. The number of para-hydroxylation sites is 1. The molecule has 7 nitrogen and oxygen atoms in total. The van der Waals surface area contributed by atoms with Crippen LogP contribution >= 0.6 is 0 Å². The molecular formula is C10H12FN3O4S. The van der Waals surface area contributed by atoms with Crippen molar-refractivity contribution in [2.45, 2.75) is 4.90 Å². The zero-order chi connectivity index (χ0) is 14.0. The molecular weight excluding hydrogens is 277 g/mol. The Morgan fingerprint density at radius 1 is 1.32 bits per heavy atom. The second-order valence-corrected chi connectivity index (χ2v) is 5.90. The summed E-state index contributed by atoms with van der Waals surface area (Å²) in [5.74, 6) is -1.15. The summed E-state index contributed by atoms with van der Waals surface area (Å²) in [4.78, 5) is 9.24. The van der Waals surface area contributed by atoms with E-state index in [2.05, 4.69) is 5.32 Å². The molecule has 1 aromatic carbocycles. The number of sulfonamides is 1. The summed E-state index contributed by atoms with van der Waals surface area (Å²) in [6.07, 6.45) is 0. The second-order valence-electron chi connectivity index (χ2n) is 4.00. The largest absolute Gasteiger partial charge is 0.324 e. The highest BCUT2D eigenvalue weighted by atomic mass is 32.2. The Morgan fingerprint density at radius 3 is 2.53 bits per heavy atom. The van der Waals surface area contributed by atoms with Gasteiger partial charge in [0.25, 0.3) is 0 Å². The van der Waals surface area contributed by atoms with Crippen molar-refractivity contribution >= 4 is 15.7 Å². The molecule has 1 saturated heterocycles. The molecule has 9 heteroatoms. The monoisotopic (exact) mass is 289 g/mol. The zero-order valence-corrected chi connectivity index (χ0v) is 10.7. The van der Waals surface area contributed by atoms with E-state index in [-0.39, 0.29) is 13.1 Å². The van der Waals surface area contributed by atoms with Crippen LogP contribution in [0.1, 0.15) is 0 Å². The first kappa shape index (κ1) is 13.8. The van der Waals surface area contributed by atoms with E-state index in [0.717, 1.165) is 22.5 Å². The highest BCUT2D eigenvalue weighted by molar-refractivity contribution is 7.89. The molecule has 0 aliphatic carbocycles. The zero-order valence-electron chi connectivity index (χ0n) is 9.87. The molecule has 104 valence electrons. The van der Waals surface area contributed by atoms with Crippen molar-refractivity contribution < 1.29 is 17.7 Å². The molecule has 1 heterocycles. The van der Waals surface area contributed by atoms with Crippen LogP contribution in [0.15, 0.2) is 23.1 Å². The van der Waals surface area contributed by atoms with Crippen LogP contribution < -0.4 is 5.32 Å². The van der Waals surface area contributed by atoms with E-state index in [4.69, 9.17) is 0 Å². The molecule has 0 unspecified atom stereocenters. The Labute approximate surface area is 109 Å². The van der Waals surface area contributed by atoms with Crippen molar-refractivity contribution in [1.82, 2.24) is 9.62 Å². The third kappa shape index (κ3) is 2.57. The highest BCUT2D eigenvalue weighted by Crippen LogP contribution is 2.29. The standard InChI is InChI=1S/C10H12FN3O4S/c11-8-2-1-3-9(10(8)14(15)16)19(17,18)13-6-4-12-5-7-13/h1-3,12H,4-7H2. The Bertz CT molecular complexity index is 599. The molecule has 0 atom stereocenters. The highest BCUT2D eigenvalue weighted by Gasteiger charge is 2.34. The SMILES string of the molecule is O=[N+]([O-])c1c(F)cccc1S(=O)(=O)N1CCNCC1. The molecule has 0 spiro atoms. The lowest BCUT2D eigenvalue weighted by atomic mass is 10.3. The normalized spacial score (nSPS) is 17.3. The smallest absolute Gasteiger partial charge is 0.314 e. The number of nitrogens with one attached hydrogen (secondary N) is 1. The number of nitro benzene ring substituents is 1. The summed E-state index contributed by atoms with van der Waals surface area (Å²) in [5, 5.41) is 13.8. The second kappa shape index (κ2) is 5.19. The third-order valence-corrected chi connectivity index (χ3v) is 4.76. The van der Waals surface area contributed by atoms with Gasteiger partial charge >= 0.3 is 5.69 Å². The predicted molar refractivity (Wildman–Crippen MR) is 64.7 cm³/mol. The topological polar surface area (TPSA) is 92.5 Å². The molecule has 1 aliphatic rings. The van der Waals surface area contributed by atoms with Crippen LogP contribution in [0.2, 0.25) is 0 Å². The fraction of sp³-hybridized carbons (Fsp3) is 0.400. The molecule has 0 saturated carbocycles. The van der Waals surface area contributed by atoms with Gasteiger partial charge in [0.05, 0.1) is 4.92 Å². The van der Waals surface area contributed by atoms with Gasteiger partial charge in [0, 0.05) is 26.2 Å². The van der Waals surface area contributed by atoms with E-state index in [1.54, 1.807) is 0 Å². The van der Waals surface area contributed by atoms with Crippen LogP contribution in [-0.4, -0.2) is 43.8 Å². The van der Waals surface area contributed by atoms with E-state index in [0.29, 0.717) is 13.1 Å². The van der Waals surface area contributed by atoms with Gasteiger partial charge in [0.1, 0.15) is 0 Å². The Hall–Kier alpha value is -1.58. The first-order valence-corrected chi connectivity index (χ1v) is 7.02. The molecule has 19 heavy (non-hydrogen) atoms. The van der Waals surface area contributed by atoms with Crippen molar-refractivity contribution in [2.75, 3.05) is 26.2 Å². The molecule has 0 bridgehead atoms. The number of hydrogen-bond donors (Lipinski definition) is 1. The van der Waals surface area contributed by atoms with E-state index < -0.39 is 31.3 Å². The van der Waals surface area contributed by atoms with Crippen molar-refractivity contribution in [3.63, 3.8) is 0 Å². The fourth-order valence-electron chi connectivity index (χ4n) is 1.90. The Morgan fingerprint density at radius 2 is 1.95 bits per heavy atom. The van der Waals surface area contributed by atoms with E-state index in [1.165, 1.54) is 0 Å². The lowest BCUT2D eigenvalue weighted by Gasteiger charge is -2.26. The van der Waals surface area contributed by atoms with Crippen LogP contribution in [0.25, 0.3) is 0 Å². The fourth-order valence-corrected chi connectivity index (χ4v) is 3.51. The van der Waals surface area contributed by atoms with Crippen molar-refractivity contribution in [2.24, 2.45) is 0 Å². The van der Waals surface area contributed by atoms with Crippen LogP contribution in [0.5, 0.6) is 0 Å². The van der Waals surface area contributed by atoms with Crippen LogP contribution in [0.3, 0.4) is 0 Å². The average molecular weight is 289 g/mol. The van der Waals surface area contributed by atoms with E-state index in [1.807, 2.05) is 0 Å². The van der Waals surface area contributed by atoms with Gasteiger partial charge in [-0.1, -0.05) is 6.07 Å². The molecule has 0 aromatic heterocycles. The summed E-state index contributed by atoms with van der Waals surface area (Å²) in [5.41, 5.74) is -0.999. The molecule has 0 amide bonds. The van der Waals surface area contributed by atoms with Crippen molar-refractivity contribution in [3.8, 4) is 0 Å². The summed E-state index contributed by atoms with van der Waals surface area (Å²) >= 11 is 0. The maximum atomic E-state index is 13.5. The van der Waals surface area contributed by atoms with Gasteiger partial charge in [-0.2, -0.15) is 8.70 Å². The van der Waals surface area contributed by atoms with Gasteiger partial charge in [-0.05, 0) is 12.1 Å². The minimum atomic E-state index is -4.05. The number of halogens is 1. The van der Waals surface area contributed by atoms with Gasteiger partial charge in [-0.3, -0.25) is 10.1 Å². The summed E-state index contributed by atoms with van der Waals surface area (Å²) in [6, 6.07) is 3.07. The Kier molecular flexibility index (Phi) is 3.78. The Balaban J connectivity index is 2.51. The summed E-state index contributed by atoms with van der Waals surface area (Å²) in [6.45, 7) is 1.33. The van der Waals surface area contributed by atoms with Crippen LogP contribution in [-0.2, 0) is 10.0 Å². The maximum absolute atomic E-state index is 13.5. The molecule has 1 aromatic rings. The maximum Gasteiger partial charge on any atom is 0.324 e. The van der Waals surface area contributed by atoms with Gasteiger partial charge < -0.3 is 5.32 Å². The predicted octanol–water partition coefficient (Wildman–Crippen LogP) is 0.328. The first-order chi connectivity index (χ1) is 8.94. The minimum Gasteiger partial charge on any atom is -0.314 e. The summed E-state index contributed by atoms with van der Waals surface area (Å²) in [7, 11) is -4.05. The molecule has 1 N–H and O–H groups in total. The number of benzene rings is 1. The van der Waals surface area contributed by atoms with Crippen molar-refractivity contribution in [1.29, 1.82) is 0 Å². The lowest BCUT2D eigenvalue weighted by Crippen LogP contribution is -2.46.